The van der Waals surface area contributed by atoms with Gasteiger partial charge in [0.25, 0.3) is 0 Å². The van der Waals surface area contributed by atoms with Crippen LogP contribution in [0.15, 0.2) is 42.0 Å². The summed E-state index contributed by atoms with van der Waals surface area (Å²) in [6.07, 6.45) is 13.6. The molecule has 1 heteroatoms. The number of piperidine rings is 1. The highest BCUT2D eigenvalue weighted by Gasteiger charge is 2.27. The topological polar surface area (TPSA) is 0 Å². The van der Waals surface area contributed by atoms with Gasteiger partial charge in [0, 0.05) is 12.3 Å². The first kappa shape index (κ1) is 15.8. The van der Waals surface area contributed by atoms with Gasteiger partial charge in [-0.2, -0.15) is 0 Å². The lowest BCUT2D eigenvalue weighted by atomic mass is 9.82. The molecule has 120 valence electrons. The van der Waals surface area contributed by atoms with Crippen molar-refractivity contribution < 1.29 is 4.48 Å². The summed E-state index contributed by atoms with van der Waals surface area (Å²) >= 11 is 0. The van der Waals surface area contributed by atoms with E-state index >= 15 is 0 Å². The van der Waals surface area contributed by atoms with E-state index in [1.165, 1.54) is 75.5 Å². The Bertz CT molecular complexity index is 482. The molecule has 22 heavy (non-hydrogen) atoms. The van der Waals surface area contributed by atoms with Gasteiger partial charge in [0.1, 0.15) is 0 Å². The van der Waals surface area contributed by atoms with E-state index in [2.05, 4.69) is 43.5 Å². The van der Waals surface area contributed by atoms with Crippen LogP contribution in [0.5, 0.6) is 0 Å². The summed E-state index contributed by atoms with van der Waals surface area (Å²) < 4.78 is 1.30. The first-order valence-corrected chi connectivity index (χ1v) is 9.34. The van der Waals surface area contributed by atoms with E-state index in [4.69, 9.17) is 0 Å². The molecule has 0 saturated carbocycles. The molecule has 1 nitrogen and oxygen atoms in total. The number of likely N-dealkylation sites (tertiary alicyclic amines) is 1. The maximum absolute atomic E-state index is 2.55. The minimum atomic E-state index is 0.665. The molecule has 0 bridgehead atoms. The average Bonchev–Trinajstić information content (AvgIpc) is 2.58. The highest BCUT2D eigenvalue weighted by atomic mass is 15.3. The minimum Gasteiger partial charge on any atom is -0.326 e. The summed E-state index contributed by atoms with van der Waals surface area (Å²) in [5.41, 5.74) is 3.26. The number of hydrogen-bond acceptors (Lipinski definition) is 0. The molecular weight excluding hydrogens is 266 g/mol. The molecule has 2 aliphatic rings. The van der Waals surface area contributed by atoms with Crippen LogP contribution >= 0.6 is 0 Å². The third-order valence-corrected chi connectivity index (χ3v) is 5.83. The van der Waals surface area contributed by atoms with E-state index in [0.717, 1.165) is 0 Å². The second kappa shape index (κ2) is 7.46. The molecule has 1 atom stereocenters. The highest BCUT2D eigenvalue weighted by Crippen LogP contribution is 2.35. The predicted molar refractivity (Wildman–Crippen MR) is 95.0 cm³/mol. The summed E-state index contributed by atoms with van der Waals surface area (Å²) in [4.78, 5) is 0. The number of nitrogens with zero attached hydrogens (tertiary/aromatic N) is 1. The van der Waals surface area contributed by atoms with E-state index in [0.29, 0.717) is 5.92 Å². The van der Waals surface area contributed by atoms with Gasteiger partial charge in [-0.3, -0.25) is 0 Å². The molecule has 0 amide bonds. The normalized spacial score (nSPS) is 22.9. The van der Waals surface area contributed by atoms with Crippen molar-refractivity contribution in [3.8, 4) is 0 Å². The lowest BCUT2D eigenvalue weighted by Crippen LogP contribution is -2.48. The number of quaternary nitrogens is 1. The Hall–Kier alpha value is -1.08. The molecule has 0 radical (unpaired) electrons. The van der Waals surface area contributed by atoms with Gasteiger partial charge < -0.3 is 4.48 Å². The van der Waals surface area contributed by atoms with Gasteiger partial charge in [-0.1, -0.05) is 42.0 Å². The molecule has 1 fully saturated rings. The summed E-state index contributed by atoms with van der Waals surface area (Å²) in [6.45, 7) is 4.12. The average molecular weight is 298 g/mol. The zero-order chi connectivity index (χ0) is 15.3. The maximum Gasteiger partial charge on any atom is 0.0793 e. The molecule has 3 rings (SSSR count). The number of rotatable bonds is 5. The van der Waals surface area contributed by atoms with E-state index in [1.807, 2.05) is 0 Å². The van der Waals surface area contributed by atoms with Gasteiger partial charge >= 0.3 is 0 Å². The molecule has 0 unspecified atom stereocenters. The van der Waals surface area contributed by atoms with Crippen LogP contribution in [0.2, 0.25) is 0 Å². The third kappa shape index (κ3) is 4.01. The summed E-state index contributed by atoms with van der Waals surface area (Å²) in [5.74, 6) is 0.665. The Morgan fingerprint density at radius 1 is 0.955 bits per heavy atom. The van der Waals surface area contributed by atoms with Crippen LogP contribution in [0.1, 0.15) is 62.8 Å². The molecule has 0 aromatic heterocycles. The SMILES string of the molecule is C[N+]1(CC[C@H](C2=CCCCC2)c2ccccc2)CCCCC1. The Balaban J connectivity index is 1.72. The smallest absolute Gasteiger partial charge is 0.0793 e. The Morgan fingerprint density at radius 2 is 1.73 bits per heavy atom. The molecule has 0 N–H and O–H groups in total. The Labute approximate surface area is 136 Å². The van der Waals surface area contributed by atoms with Crippen molar-refractivity contribution in [2.24, 2.45) is 0 Å². The van der Waals surface area contributed by atoms with Crippen molar-refractivity contribution >= 4 is 0 Å². The molecule has 1 saturated heterocycles. The van der Waals surface area contributed by atoms with Crippen LogP contribution in [0.4, 0.5) is 0 Å². The van der Waals surface area contributed by atoms with Crippen LogP contribution in [0.25, 0.3) is 0 Å². The fraction of sp³-hybridized carbons (Fsp3) is 0.619. The number of hydrogen-bond donors (Lipinski definition) is 0. The van der Waals surface area contributed by atoms with Gasteiger partial charge in [-0.05, 0) is 50.5 Å². The molecule has 0 spiro atoms. The summed E-state index contributed by atoms with van der Waals surface area (Å²) in [5, 5.41) is 0. The first-order valence-electron chi connectivity index (χ1n) is 9.34. The van der Waals surface area contributed by atoms with Crippen molar-refractivity contribution in [3.05, 3.63) is 47.5 Å². The highest BCUT2D eigenvalue weighted by molar-refractivity contribution is 5.29. The summed E-state index contributed by atoms with van der Waals surface area (Å²) in [6, 6.07) is 11.3. The largest absolute Gasteiger partial charge is 0.326 e. The monoisotopic (exact) mass is 298 g/mol. The van der Waals surface area contributed by atoms with E-state index in [1.54, 1.807) is 11.1 Å². The van der Waals surface area contributed by atoms with Gasteiger partial charge in [0.2, 0.25) is 0 Å². The second-order valence-electron chi connectivity index (χ2n) is 7.63. The maximum atomic E-state index is 2.55. The van der Waals surface area contributed by atoms with Crippen molar-refractivity contribution in [2.45, 2.75) is 57.3 Å². The van der Waals surface area contributed by atoms with Crippen molar-refractivity contribution in [1.29, 1.82) is 0 Å². The van der Waals surface area contributed by atoms with Crippen LogP contribution in [0.3, 0.4) is 0 Å². The van der Waals surface area contributed by atoms with Crippen LogP contribution in [-0.2, 0) is 0 Å². The number of benzene rings is 1. The molecule has 1 aliphatic carbocycles. The van der Waals surface area contributed by atoms with Gasteiger partial charge in [-0.25, -0.2) is 0 Å². The fourth-order valence-corrected chi connectivity index (χ4v) is 4.37. The third-order valence-electron chi connectivity index (χ3n) is 5.83. The quantitative estimate of drug-likeness (QED) is 0.512. The van der Waals surface area contributed by atoms with Crippen LogP contribution < -0.4 is 0 Å². The molecule has 1 aromatic rings. The standard InChI is InChI=1S/C21H32N/c1-22(16-9-4-10-17-22)18-15-21(19-11-5-2-6-12-19)20-13-7-3-8-14-20/h2,5-6,11-13,21H,3-4,7-10,14-18H2,1H3/q+1/t21-/m0/s1. The lowest BCUT2D eigenvalue weighted by Gasteiger charge is -2.39. The number of allylic oxidation sites excluding steroid dienone is 2. The van der Waals surface area contributed by atoms with E-state index in [-0.39, 0.29) is 0 Å². The van der Waals surface area contributed by atoms with Gasteiger partial charge in [-0.15, -0.1) is 0 Å². The zero-order valence-electron chi connectivity index (χ0n) is 14.3. The minimum absolute atomic E-state index is 0.665. The predicted octanol–water partition coefficient (Wildman–Crippen LogP) is 5.29. The van der Waals surface area contributed by atoms with E-state index in [9.17, 15) is 0 Å². The molecule has 1 aromatic carbocycles. The van der Waals surface area contributed by atoms with Gasteiger partial charge in [0.05, 0.1) is 26.7 Å². The first-order chi connectivity index (χ1) is 10.8. The summed E-state index contributed by atoms with van der Waals surface area (Å²) in [7, 11) is 2.48. The van der Waals surface area contributed by atoms with Crippen molar-refractivity contribution in [3.63, 3.8) is 0 Å². The van der Waals surface area contributed by atoms with Crippen molar-refractivity contribution in [1.82, 2.24) is 0 Å². The van der Waals surface area contributed by atoms with Crippen LogP contribution in [-0.4, -0.2) is 31.2 Å². The lowest BCUT2D eigenvalue weighted by molar-refractivity contribution is -0.914. The fourth-order valence-electron chi connectivity index (χ4n) is 4.37. The van der Waals surface area contributed by atoms with E-state index < -0.39 is 0 Å². The molecular formula is C21H32N+. The Kier molecular flexibility index (Phi) is 5.36. The Morgan fingerprint density at radius 3 is 2.41 bits per heavy atom. The van der Waals surface area contributed by atoms with Crippen LogP contribution in [0, 0.1) is 0 Å². The second-order valence-corrected chi connectivity index (χ2v) is 7.63. The molecule has 1 heterocycles. The van der Waals surface area contributed by atoms with Crippen molar-refractivity contribution in [2.75, 3.05) is 26.7 Å². The molecule has 1 aliphatic heterocycles. The van der Waals surface area contributed by atoms with Gasteiger partial charge in [0.15, 0.2) is 0 Å². The zero-order valence-corrected chi connectivity index (χ0v) is 14.3.